The molecule has 0 bridgehead atoms. The van der Waals surface area contributed by atoms with E-state index in [9.17, 15) is 0 Å². The van der Waals surface area contributed by atoms with Gasteiger partial charge in [0.2, 0.25) is 5.88 Å². The summed E-state index contributed by atoms with van der Waals surface area (Å²) in [5, 5.41) is 0. The number of hydrogen-bond acceptors (Lipinski definition) is 5. The number of aromatic nitrogens is 4. The van der Waals surface area contributed by atoms with Gasteiger partial charge in [-0.2, -0.15) is 0 Å². The van der Waals surface area contributed by atoms with E-state index in [0.717, 1.165) is 37.6 Å². The Morgan fingerprint density at radius 1 is 1.37 bits per heavy atom. The molecule has 6 nitrogen and oxygen atoms in total. The van der Waals surface area contributed by atoms with Crippen molar-refractivity contribution in [2.45, 2.75) is 18.8 Å². The van der Waals surface area contributed by atoms with Crippen LogP contribution < -0.4 is 9.64 Å². The molecule has 1 N–H and O–H groups in total. The van der Waals surface area contributed by atoms with Crippen LogP contribution in [0.1, 0.15) is 24.6 Å². The zero-order valence-electron chi connectivity index (χ0n) is 10.9. The van der Waals surface area contributed by atoms with E-state index in [1.165, 1.54) is 0 Å². The van der Waals surface area contributed by atoms with Crippen LogP contribution in [0.5, 0.6) is 5.88 Å². The van der Waals surface area contributed by atoms with Crippen LogP contribution in [0.4, 0.5) is 5.82 Å². The molecule has 0 spiro atoms. The van der Waals surface area contributed by atoms with Gasteiger partial charge < -0.3 is 14.6 Å². The average molecular weight is 259 g/mol. The summed E-state index contributed by atoms with van der Waals surface area (Å²) in [7, 11) is 1.62. The summed E-state index contributed by atoms with van der Waals surface area (Å²) in [5.41, 5.74) is 0. The van der Waals surface area contributed by atoms with E-state index in [1.807, 2.05) is 18.5 Å². The Bertz CT molecular complexity index is 528. The Morgan fingerprint density at radius 2 is 2.32 bits per heavy atom. The van der Waals surface area contributed by atoms with Gasteiger partial charge >= 0.3 is 0 Å². The topological polar surface area (TPSA) is 66.9 Å². The smallest absolute Gasteiger partial charge is 0.218 e. The third kappa shape index (κ3) is 2.52. The van der Waals surface area contributed by atoms with Gasteiger partial charge in [-0.05, 0) is 12.8 Å². The fourth-order valence-electron chi connectivity index (χ4n) is 2.52. The molecular formula is C13H17N5O. The van der Waals surface area contributed by atoms with E-state index in [2.05, 4.69) is 24.8 Å². The van der Waals surface area contributed by atoms with Crippen LogP contribution in [-0.4, -0.2) is 40.1 Å². The van der Waals surface area contributed by atoms with Gasteiger partial charge in [-0.25, -0.2) is 15.0 Å². The first kappa shape index (κ1) is 12.0. The second-order valence-corrected chi connectivity index (χ2v) is 4.68. The Labute approximate surface area is 111 Å². The van der Waals surface area contributed by atoms with E-state index in [1.54, 1.807) is 13.4 Å². The lowest BCUT2D eigenvalue weighted by Gasteiger charge is -2.32. The molecule has 19 heavy (non-hydrogen) atoms. The lowest BCUT2D eigenvalue weighted by atomic mass is 9.97. The number of ether oxygens (including phenoxy) is 1. The van der Waals surface area contributed by atoms with Crippen molar-refractivity contribution in [1.82, 2.24) is 19.9 Å². The van der Waals surface area contributed by atoms with E-state index in [0.29, 0.717) is 11.8 Å². The first-order valence-electron chi connectivity index (χ1n) is 6.47. The minimum atomic E-state index is 0.435. The van der Waals surface area contributed by atoms with Gasteiger partial charge in [0.25, 0.3) is 0 Å². The van der Waals surface area contributed by atoms with E-state index >= 15 is 0 Å². The lowest BCUT2D eigenvalue weighted by molar-refractivity contribution is 0.396. The Kier molecular flexibility index (Phi) is 3.31. The normalized spacial score (nSPS) is 19.4. The monoisotopic (exact) mass is 259 g/mol. The second-order valence-electron chi connectivity index (χ2n) is 4.68. The number of anilines is 1. The number of nitrogens with zero attached hydrogens (tertiary/aromatic N) is 4. The van der Waals surface area contributed by atoms with Crippen molar-refractivity contribution >= 4 is 5.82 Å². The summed E-state index contributed by atoms with van der Waals surface area (Å²) in [6.45, 7) is 1.94. The highest BCUT2D eigenvalue weighted by molar-refractivity contribution is 5.41. The van der Waals surface area contributed by atoms with Crippen molar-refractivity contribution in [3.05, 3.63) is 30.6 Å². The maximum atomic E-state index is 5.15. The van der Waals surface area contributed by atoms with Crippen LogP contribution in [0.3, 0.4) is 0 Å². The number of imidazole rings is 1. The summed E-state index contributed by atoms with van der Waals surface area (Å²) in [5.74, 6) is 3.02. The van der Waals surface area contributed by atoms with Gasteiger partial charge in [0.15, 0.2) is 0 Å². The largest absolute Gasteiger partial charge is 0.481 e. The zero-order chi connectivity index (χ0) is 13.1. The molecule has 2 aromatic heterocycles. The fraction of sp³-hybridized carbons (Fsp3) is 0.462. The molecule has 2 aromatic rings. The van der Waals surface area contributed by atoms with Crippen LogP contribution >= 0.6 is 0 Å². The summed E-state index contributed by atoms with van der Waals surface area (Å²) in [4.78, 5) is 18.2. The predicted octanol–water partition coefficient (Wildman–Crippen LogP) is 1.59. The molecule has 1 aliphatic heterocycles. The Morgan fingerprint density at radius 3 is 3.11 bits per heavy atom. The first-order valence-corrected chi connectivity index (χ1v) is 6.47. The molecule has 1 aliphatic rings. The molecule has 3 rings (SSSR count). The summed E-state index contributed by atoms with van der Waals surface area (Å²) in [6, 6.07) is 1.88. The highest BCUT2D eigenvalue weighted by Crippen LogP contribution is 2.27. The molecule has 0 aliphatic carbocycles. The van der Waals surface area contributed by atoms with Crippen LogP contribution in [-0.2, 0) is 0 Å². The molecule has 0 radical (unpaired) electrons. The van der Waals surface area contributed by atoms with Crippen molar-refractivity contribution in [2.75, 3.05) is 25.1 Å². The number of hydrogen-bond donors (Lipinski definition) is 1. The van der Waals surface area contributed by atoms with Crippen LogP contribution in [0.15, 0.2) is 24.8 Å². The first-order chi connectivity index (χ1) is 9.36. The predicted molar refractivity (Wildman–Crippen MR) is 71.4 cm³/mol. The molecule has 6 heteroatoms. The quantitative estimate of drug-likeness (QED) is 0.906. The number of aromatic amines is 1. The van der Waals surface area contributed by atoms with Gasteiger partial charge in [0.1, 0.15) is 18.0 Å². The highest BCUT2D eigenvalue weighted by atomic mass is 16.5. The van der Waals surface area contributed by atoms with Crippen LogP contribution in [0.25, 0.3) is 0 Å². The Balaban J connectivity index is 1.77. The van der Waals surface area contributed by atoms with Gasteiger partial charge in [-0.1, -0.05) is 0 Å². The maximum Gasteiger partial charge on any atom is 0.218 e. The van der Waals surface area contributed by atoms with Gasteiger partial charge in [-0.3, -0.25) is 0 Å². The molecular weight excluding hydrogens is 242 g/mol. The maximum absolute atomic E-state index is 5.15. The summed E-state index contributed by atoms with van der Waals surface area (Å²) >= 11 is 0. The third-order valence-electron chi connectivity index (χ3n) is 3.49. The van der Waals surface area contributed by atoms with Crippen molar-refractivity contribution in [3.63, 3.8) is 0 Å². The number of nitrogens with one attached hydrogen (secondary N) is 1. The second kappa shape index (κ2) is 5.26. The summed E-state index contributed by atoms with van der Waals surface area (Å²) < 4.78 is 5.15. The molecule has 3 heterocycles. The highest BCUT2D eigenvalue weighted by Gasteiger charge is 2.24. The standard InChI is InChI=1S/C13H17N5O/c1-19-12-7-11(16-9-17-12)18-6-2-3-10(8-18)13-14-4-5-15-13/h4-5,7,9-10H,2-3,6,8H2,1H3,(H,14,15)/t10-/m0/s1. The van der Waals surface area contributed by atoms with Gasteiger partial charge in [-0.15, -0.1) is 0 Å². The minimum Gasteiger partial charge on any atom is -0.481 e. The molecule has 1 atom stereocenters. The molecule has 1 fully saturated rings. The molecule has 0 saturated carbocycles. The van der Waals surface area contributed by atoms with Gasteiger partial charge in [0.05, 0.1) is 7.11 Å². The van der Waals surface area contributed by atoms with E-state index in [-0.39, 0.29) is 0 Å². The number of methoxy groups -OCH3 is 1. The molecule has 0 amide bonds. The fourth-order valence-corrected chi connectivity index (χ4v) is 2.52. The molecule has 100 valence electrons. The minimum absolute atomic E-state index is 0.435. The summed E-state index contributed by atoms with van der Waals surface area (Å²) in [6.07, 6.45) is 7.53. The van der Waals surface area contributed by atoms with Crippen molar-refractivity contribution in [2.24, 2.45) is 0 Å². The van der Waals surface area contributed by atoms with Crippen LogP contribution in [0, 0.1) is 0 Å². The number of H-pyrrole nitrogens is 1. The number of rotatable bonds is 3. The molecule has 0 unspecified atom stereocenters. The SMILES string of the molecule is COc1cc(N2CCC[C@H](c3ncc[nH]3)C2)ncn1. The molecule has 0 aromatic carbocycles. The number of piperidine rings is 1. The lowest BCUT2D eigenvalue weighted by Crippen LogP contribution is -2.35. The Hall–Kier alpha value is -2.11. The van der Waals surface area contributed by atoms with Crippen LogP contribution in [0.2, 0.25) is 0 Å². The van der Waals surface area contributed by atoms with Crippen molar-refractivity contribution < 1.29 is 4.74 Å². The third-order valence-corrected chi connectivity index (χ3v) is 3.49. The van der Waals surface area contributed by atoms with Gasteiger partial charge in [0, 0.05) is 37.5 Å². The van der Waals surface area contributed by atoms with Crippen molar-refractivity contribution in [1.29, 1.82) is 0 Å². The molecule has 1 saturated heterocycles. The average Bonchev–Trinajstić information content (AvgIpc) is 3.02. The zero-order valence-corrected chi connectivity index (χ0v) is 10.9. The van der Waals surface area contributed by atoms with E-state index in [4.69, 9.17) is 4.74 Å². The van der Waals surface area contributed by atoms with Crippen molar-refractivity contribution in [3.8, 4) is 5.88 Å². The van der Waals surface area contributed by atoms with E-state index < -0.39 is 0 Å².